The number of ether oxygens (including phenoxy) is 1. The van der Waals surface area contributed by atoms with Crippen molar-refractivity contribution in [3.63, 3.8) is 0 Å². The first-order valence-corrected chi connectivity index (χ1v) is 10.2. The van der Waals surface area contributed by atoms with E-state index in [1.165, 1.54) is 0 Å². The Morgan fingerprint density at radius 1 is 1.42 bits per heavy atom. The Bertz CT molecular complexity index is 338. The molecule has 0 aliphatic carbocycles. The van der Waals surface area contributed by atoms with E-state index in [1.807, 2.05) is 6.08 Å². The fraction of sp³-hybridized carbons (Fsp3) is 0.867. The van der Waals surface area contributed by atoms with Crippen LogP contribution in [0.15, 0.2) is 12.7 Å². The molecule has 4 heteroatoms. The summed E-state index contributed by atoms with van der Waals surface area (Å²) < 4.78 is 12.5. The van der Waals surface area contributed by atoms with Crippen molar-refractivity contribution >= 4 is 16.2 Å². The van der Waals surface area contributed by atoms with Gasteiger partial charge in [-0.1, -0.05) is 40.7 Å². The lowest BCUT2D eigenvalue weighted by Crippen LogP contribution is -2.48. The predicted octanol–water partition coefficient (Wildman–Crippen LogP) is 3.87. The maximum absolute atomic E-state index is 6.49. The van der Waals surface area contributed by atoms with Gasteiger partial charge >= 0.3 is 0 Å². The van der Waals surface area contributed by atoms with Crippen LogP contribution in [0.2, 0.25) is 18.1 Å². The first kappa shape index (κ1) is 17.0. The van der Waals surface area contributed by atoms with Crippen LogP contribution in [0.4, 0.5) is 0 Å². The van der Waals surface area contributed by atoms with E-state index in [2.05, 4.69) is 54.3 Å². The summed E-state index contributed by atoms with van der Waals surface area (Å²) in [6.45, 7) is 19.4. The van der Waals surface area contributed by atoms with Gasteiger partial charge in [-0.3, -0.25) is 0 Å². The molecule has 1 fully saturated rings. The maximum Gasteiger partial charge on any atom is 0.192 e. The van der Waals surface area contributed by atoms with Gasteiger partial charge in [0.2, 0.25) is 0 Å². The molecule has 0 aromatic rings. The quantitative estimate of drug-likeness (QED) is 0.575. The zero-order valence-electron chi connectivity index (χ0n) is 13.6. The summed E-state index contributed by atoms with van der Waals surface area (Å²) in [4.78, 5) is 0. The largest absolute Gasteiger partial charge is 0.412 e. The van der Waals surface area contributed by atoms with E-state index in [-0.39, 0.29) is 28.7 Å². The van der Waals surface area contributed by atoms with E-state index in [9.17, 15) is 0 Å². The fourth-order valence-electron chi connectivity index (χ4n) is 2.46. The van der Waals surface area contributed by atoms with Crippen molar-refractivity contribution in [2.45, 2.75) is 76.9 Å². The molecule has 0 spiro atoms. The highest BCUT2D eigenvalue weighted by atomic mass is 28.4. The molecule has 19 heavy (non-hydrogen) atoms. The second kappa shape index (κ2) is 5.38. The summed E-state index contributed by atoms with van der Waals surface area (Å²) in [5, 5.41) is 0.179. The van der Waals surface area contributed by atoms with Crippen molar-refractivity contribution in [2.75, 3.05) is 0 Å². The third-order valence-electron chi connectivity index (χ3n) is 5.08. The third-order valence-corrected chi connectivity index (χ3v) is 9.55. The SMILES string of the molecule is [B][C@@H]1O[C@](C=C)(CC)C(C)[C@@H]1O[Si](C)(C)C(C)(C)C. The number of rotatable bonds is 4. The number of hydrogen-bond acceptors (Lipinski definition) is 2. The molecule has 0 saturated carbocycles. The van der Waals surface area contributed by atoms with Gasteiger partial charge in [0.05, 0.1) is 11.7 Å². The number of hydrogen-bond donors (Lipinski definition) is 0. The van der Waals surface area contributed by atoms with Gasteiger partial charge in [0.15, 0.2) is 8.32 Å². The normalized spacial score (nSPS) is 36.5. The van der Waals surface area contributed by atoms with Crippen molar-refractivity contribution in [3.05, 3.63) is 12.7 Å². The molecule has 0 aromatic heterocycles. The highest BCUT2D eigenvalue weighted by molar-refractivity contribution is 6.74. The van der Waals surface area contributed by atoms with Crippen LogP contribution in [0.1, 0.15) is 41.0 Å². The lowest BCUT2D eigenvalue weighted by molar-refractivity contribution is 0.00432. The van der Waals surface area contributed by atoms with Crippen LogP contribution in [-0.2, 0) is 9.16 Å². The van der Waals surface area contributed by atoms with Crippen molar-refractivity contribution in [2.24, 2.45) is 5.92 Å². The second-order valence-electron chi connectivity index (χ2n) is 7.23. The molecule has 1 unspecified atom stereocenters. The molecule has 1 aliphatic rings. The highest BCUT2D eigenvalue weighted by Gasteiger charge is 2.51. The molecule has 2 radical (unpaired) electrons. The van der Waals surface area contributed by atoms with E-state index in [4.69, 9.17) is 17.0 Å². The van der Waals surface area contributed by atoms with Gasteiger partial charge in [0, 0.05) is 11.9 Å². The Balaban J connectivity index is 2.95. The zero-order chi connectivity index (χ0) is 15.1. The average molecular weight is 280 g/mol. The van der Waals surface area contributed by atoms with Crippen LogP contribution >= 0.6 is 0 Å². The molecule has 108 valence electrons. The Labute approximate surface area is 121 Å². The van der Waals surface area contributed by atoms with Gasteiger partial charge in [0.1, 0.15) is 7.85 Å². The van der Waals surface area contributed by atoms with Crippen LogP contribution in [0.5, 0.6) is 0 Å². The Morgan fingerprint density at radius 2 is 1.95 bits per heavy atom. The molecule has 0 amide bonds. The van der Waals surface area contributed by atoms with Crippen LogP contribution < -0.4 is 0 Å². The summed E-state index contributed by atoms with van der Waals surface area (Å²) in [6, 6.07) is -0.359. The summed E-state index contributed by atoms with van der Waals surface area (Å²) in [5.74, 6) is 0.235. The summed E-state index contributed by atoms with van der Waals surface area (Å²) >= 11 is 0. The van der Waals surface area contributed by atoms with Crippen molar-refractivity contribution in [3.8, 4) is 0 Å². The van der Waals surface area contributed by atoms with Gasteiger partial charge in [-0.25, -0.2) is 0 Å². The molecule has 1 aliphatic heterocycles. The second-order valence-corrected chi connectivity index (χ2v) is 12.0. The Hall–Kier alpha value is -0.0582. The first-order valence-electron chi connectivity index (χ1n) is 7.25. The van der Waals surface area contributed by atoms with Gasteiger partial charge in [-0.05, 0) is 24.6 Å². The van der Waals surface area contributed by atoms with E-state index in [0.29, 0.717) is 0 Å². The molecule has 4 atom stereocenters. The molecule has 0 aromatic carbocycles. The minimum atomic E-state index is -1.84. The van der Waals surface area contributed by atoms with Crippen LogP contribution in [0, 0.1) is 5.92 Å². The third kappa shape index (κ3) is 3.01. The Kier molecular flexibility index (Phi) is 4.81. The van der Waals surface area contributed by atoms with Gasteiger partial charge in [-0.15, -0.1) is 6.58 Å². The van der Waals surface area contributed by atoms with Gasteiger partial charge < -0.3 is 9.16 Å². The van der Waals surface area contributed by atoms with Crippen LogP contribution in [0.3, 0.4) is 0 Å². The minimum Gasteiger partial charge on any atom is -0.412 e. The molecule has 1 saturated heterocycles. The molecule has 1 heterocycles. The summed E-state index contributed by atoms with van der Waals surface area (Å²) in [6.07, 6.45) is 2.73. The first-order chi connectivity index (χ1) is 8.50. The molecule has 0 N–H and O–H groups in total. The summed E-state index contributed by atoms with van der Waals surface area (Å²) in [7, 11) is 4.34. The molecule has 1 rings (SSSR count). The fourth-order valence-corrected chi connectivity index (χ4v) is 3.83. The van der Waals surface area contributed by atoms with E-state index >= 15 is 0 Å². The smallest absolute Gasteiger partial charge is 0.192 e. The van der Waals surface area contributed by atoms with Crippen LogP contribution in [0.25, 0.3) is 0 Å². The molecular formula is C15H29BO2Si. The van der Waals surface area contributed by atoms with Gasteiger partial charge in [0.25, 0.3) is 0 Å². The molecular weight excluding hydrogens is 251 g/mol. The van der Waals surface area contributed by atoms with Gasteiger partial charge in [-0.2, -0.15) is 0 Å². The lowest BCUT2D eigenvalue weighted by atomic mass is 9.82. The molecule has 0 bridgehead atoms. The minimum absolute atomic E-state index is 0.0427. The van der Waals surface area contributed by atoms with Crippen molar-refractivity contribution in [1.82, 2.24) is 0 Å². The topological polar surface area (TPSA) is 18.5 Å². The van der Waals surface area contributed by atoms with Crippen molar-refractivity contribution < 1.29 is 9.16 Å². The van der Waals surface area contributed by atoms with E-state index in [1.54, 1.807) is 0 Å². The predicted molar refractivity (Wildman–Crippen MR) is 85.1 cm³/mol. The van der Waals surface area contributed by atoms with E-state index < -0.39 is 8.32 Å². The standard InChI is InChI=1S/C15H29BO2Si/c1-9-15(10-2)11(3)12(13(16)17-15)18-19(7,8)14(4,5)6/h9,11-13H,1,10H2,2-8H3/t11?,12-,13+,15+/m0/s1. The molecule has 2 nitrogen and oxygen atoms in total. The van der Waals surface area contributed by atoms with Crippen LogP contribution in [-0.4, -0.2) is 33.9 Å². The average Bonchev–Trinajstić information content (AvgIpc) is 2.52. The Morgan fingerprint density at radius 3 is 2.26 bits per heavy atom. The maximum atomic E-state index is 6.49. The lowest BCUT2D eigenvalue weighted by Gasteiger charge is -2.40. The van der Waals surface area contributed by atoms with E-state index in [0.717, 1.165) is 6.42 Å². The summed E-state index contributed by atoms with van der Waals surface area (Å²) in [5.41, 5.74) is -0.341. The highest BCUT2D eigenvalue weighted by Crippen LogP contribution is 2.44. The monoisotopic (exact) mass is 280 g/mol. The zero-order valence-corrected chi connectivity index (χ0v) is 14.6. The van der Waals surface area contributed by atoms with Crippen molar-refractivity contribution in [1.29, 1.82) is 0 Å².